The Morgan fingerprint density at radius 3 is 0.882 bits per heavy atom. The molecular weight excluding hydrogens is 439 g/mol. The molecule has 0 aromatic carbocycles. The van der Waals surface area contributed by atoms with E-state index in [0.29, 0.717) is 0 Å². The molecule has 0 heterocycles. The van der Waals surface area contributed by atoms with Gasteiger partial charge in [-0.15, -0.1) is 23.2 Å². The van der Waals surface area contributed by atoms with Crippen LogP contribution in [0.1, 0.15) is 0 Å². The highest BCUT2D eigenvalue weighted by Crippen LogP contribution is 2.83. The van der Waals surface area contributed by atoms with Crippen molar-refractivity contribution < 1.29 is 0 Å². The summed E-state index contributed by atoms with van der Waals surface area (Å²) in [7, 11) is 0. The van der Waals surface area contributed by atoms with E-state index in [-0.39, 0.29) is 10.1 Å². The monoisotopic (exact) mass is 434 g/mol. The van der Waals surface area contributed by atoms with Crippen molar-refractivity contribution in [2.75, 3.05) is 0 Å². The van der Waals surface area contributed by atoms with Gasteiger partial charge in [-0.25, -0.2) is 0 Å². The first-order valence-electron chi connectivity index (χ1n) is 3.89. The van der Waals surface area contributed by atoms with Crippen LogP contribution in [0.4, 0.5) is 0 Å². The van der Waals surface area contributed by atoms with Gasteiger partial charge in [-0.3, -0.25) is 0 Å². The first kappa shape index (κ1) is 16.0. The molecule has 0 N–H and O–H groups in total. The fourth-order valence-electron chi connectivity index (χ4n) is 1.92. The van der Waals surface area contributed by atoms with Gasteiger partial charge in [-0.05, 0) is 0 Å². The molecule has 0 spiro atoms. The van der Waals surface area contributed by atoms with Crippen molar-refractivity contribution >= 4 is 116 Å². The summed E-state index contributed by atoms with van der Waals surface area (Å²) in [5, 5.41) is -0.356. The van der Waals surface area contributed by atoms with Gasteiger partial charge in [0, 0.05) is 0 Å². The minimum Gasteiger partial charge on any atom is -0.106 e. The van der Waals surface area contributed by atoms with Crippen LogP contribution in [0.3, 0.4) is 0 Å². The summed E-state index contributed by atoms with van der Waals surface area (Å²) in [6.45, 7) is 0. The Balaban J connectivity index is 2.93. The molecule has 2 unspecified atom stereocenters. The standard InChI is InChI=1S/C7Cl10/c8-1-2(9)4(11)5(12,13)3(1,10)6(14,15)7(4,16)17. The van der Waals surface area contributed by atoms with Gasteiger partial charge in [0.2, 0.25) is 0 Å². The lowest BCUT2D eigenvalue weighted by atomic mass is 10.0. The van der Waals surface area contributed by atoms with Gasteiger partial charge in [0.25, 0.3) is 0 Å². The zero-order chi connectivity index (χ0) is 13.7. The third-order valence-corrected chi connectivity index (χ3v) is 10.2. The maximum Gasteiger partial charge on any atom is 0.180 e. The van der Waals surface area contributed by atoms with E-state index in [4.69, 9.17) is 116 Å². The smallest absolute Gasteiger partial charge is 0.106 e. The number of halogens is 10. The van der Waals surface area contributed by atoms with Gasteiger partial charge in [0.05, 0.1) is 10.1 Å². The van der Waals surface area contributed by atoms with Crippen molar-refractivity contribution in [3.63, 3.8) is 0 Å². The van der Waals surface area contributed by atoms with Crippen LogP contribution >= 0.6 is 116 Å². The number of hydrogen-bond donors (Lipinski definition) is 0. The fraction of sp³-hybridized carbons (Fsp3) is 0.714. The zero-order valence-corrected chi connectivity index (χ0v) is 14.8. The van der Waals surface area contributed by atoms with E-state index in [0.717, 1.165) is 0 Å². The van der Waals surface area contributed by atoms with Crippen LogP contribution < -0.4 is 0 Å². The number of allylic oxidation sites excluding steroid dienone is 2. The van der Waals surface area contributed by atoms with E-state index >= 15 is 0 Å². The summed E-state index contributed by atoms with van der Waals surface area (Å²) < 4.78 is -6.05. The van der Waals surface area contributed by atoms with Crippen LogP contribution in [0.2, 0.25) is 0 Å². The molecule has 2 aliphatic rings. The van der Waals surface area contributed by atoms with E-state index in [9.17, 15) is 0 Å². The lowest BCUT2D eigenvalue weighted by Crippen LogP contribution is -2.53. The van der Waals surface area contributed by atoms with Crippen molar-refractivity contribution in [1.82, 2.24) is 0 Å². The van der Waals surface area contributed by atoms with Crippen LogP contribution in [0.25, 0.3) is 0 Å². The second kappa shape index (κ2) is 3.88. The van der Waals surface area contributed by atoms with E-state index in [2.05, 4.69) is 0 Å². The minimum atomic E-state index is -2.04. The molecule has 2 rings (SSSR count). The van der Waals surface area contributed by atoms with Crippen LogP contribution in [0, 0.1) is 0 Å². The second-order valence-corrected chi connectivity index (χ2v) is 9.54. The fourth-order valence-corrected chi connectivity index (χ4v) is 7.09. The van der Waals surface area contributed by atoms with Crippen molar-refractivity contribution in [3.05, 3.63) is 10.1 Å². The Kier molecular flexibility index (Phi) is 3.66. The van der Waals surface area contributed by atoms with E-state index in [1.165, 1.54) is 0 Å². The van der Waals surface area contributed by atoms with Crippen molar-refractivity contribution in [1.29, 1.82) is 0 Å². The van der Waals surface area contributed by atoms with Gasteiger partial charge < -0.3 is 0 Å². The Morgan fingerprint density at radius 2 is 0.706 bits per heavy atom. The summed E-state index contributed by atoms with van der Waals surface area (Å²) in [5.74, 6) is 0. The number of rotatable bonds is 0. The summed E-state index contributed by atoms with van der Waals surface area (Å²) >= 11 is 60.9. The largest absolute Gasteiger partial charge is 0.180 e. The molecule has 0 aromatic heterocycles. The predicted molar refractivity (Wildman–Crippen MR) is 79.2 cm³/mol. The molecule has 0 aliphatic heterocycles. The number of fused-ring (bicyclic) bond motifs is 2. The van der Waals surface area contributed by atoms with Gasteiger partial charge in [0.1, 0.15) is 0 Å². The Labute approximate surface area is 147 Å². The molecular formula is C7Cl10. The average molecular weight is 439 g/mol. The normalized spacial score (nSPS) is 45.5. The molecule has 0 radical (unpaired) electrons. The van der Waals surface area contributed by atoms with Crippen LogP contribution in [0.15, 0.2) is 10.1 Å². The topological polar surface area (TPSA) is 0 Å². The summed E-state index contributed by atoms with van der Waals surface area (Å²) in [5.41, 5.74) is 0. The molecule has 0 nitrogen and oxygen atoms in total. The van der Waals surface area contributed by atoms with Crippen molar-refractivity contribution in [2.24, 2.45) is 0 Å². The molecule has 10 heteroatoms. The highest BCUT2D eigenvalue weighted by atomic mass is 35.5. The highest BCUT2D eigenvalue weighted by molar-refractivity contribution is 6.78. The highest BCUT2D eigenvalue weighted by Gasteiger charge is 2.93. The molecule has 2 bridgehead atoms. The molecule has 98 valence electrons. The Morgan fingerprint density at radius 1 is 0.471 bits per heavy atom. The molecule has 2 atom stereocenters. The van der Waals surface area contributed by atoms with Crippen LogP contribution in [0.5, 0.6) is 0 Å². The lowest BCUT2D eigenvalue weighted by Gasteiger charge is -2.41. The zero-order valence-electron chi connectivity index (χ0n) is 7.28. The minimum absolute atomic E-state index is 0.178. The lowest BCUT2D eigenvalue weighted by molar-refractivity contribution is 0.635. The maximum absolute atomic E-state index is 6.24. The molecule has 1 saturated carbocycles. The molecule has 1 fully saturated rings. The summed E-state index contributed by atoms with van der Waals surface area (Å²) in [6, 6.07) is 0. The molecule has 0 amide bonds. The third-order valence-electron chi connectivity index (χ3n) is 2.92. The van der Waals surface area contributed by atoms with Crippen molar-refractivity contribution in [2.45, 2.75) is 22.7 Å². The van der Waals surface area contributed by atoms with Gasteiger partial charge in [-0.2, -0.15) is 0 Å². The first-order chi connectivity index (χ1) is 7.32. The van der Waals surface area contributed by atoms with Gasteiger partial charge in [-0.1, -0.05) is 92.8 Å². The quantitative estimate of drug-likeness (QED) is 0.396. The first-order valence-corrected chi connectivity index (χ1v) is 7.67. The SMILES string of the molecule is ClC1=C(Cl)C2(Cl)C(Cl)(Cl)C(Cl)(Cl)C1(Cl)C2(Cl)Cl. The van der Waals surface area contributed by atoms with Gasteiger partial charge in [0.15, 0.2) is 22.7 Å². The average Bonchev–Trinajstić information content (AvgIpc) is 2.33. The molecule has 0 aromatic rings. The van der Waals surface area contributed by atoms with Crippen molar-refractivity contribution in [3.8, 4) is 0 Å². The van der Waals surface area contributed by atoms with Crippen LogP contribution in [-0.2, 0) is 0 Å². The Bertz CT molecular complexity index is 398. The molecule has 0 saturated heterocycles. The second-order valence-electron chi connectivity index (χ2n) is 3.67. The number of alkyl halides is 8. The predicted octanol–water partition coefficient (Wildman–Crippen LogP) is 6.18. The van der Waals surface area contributed by atoms with Gasteiger partial charge >= 0.3 is 0 Å². The number of hydrogen-bond acceptors (Lipinski definition) is 0. The molecule has 2 aliphatic carbocycles. The van der Waals surface area contributed by atoms with E-state index in [1.54, 1.807) is 0 Å². The summed E-state index contributed by atoms with van der Waals surface area (Å²) in [6.07, 6.45) is 0. The van der Waals surface area contributed by atoms with Crippen LogP contribution in [-0.4, -0.2) is 22.7 Å². The third kappa shape index (κ3) is 1.27. The van der Waals surface area contributed by atoms with E-state index < -0.39 is 22.7 Å². The summed E-state index contributed by atoms with van der Waals surface area (Å²) in [4.78, 5) is -3.84. The maximum atomic E-state index is 6.24. The molecule has 17 heavy (non-hydrogen) atoms. The Hall–Kier alpha value is 2.64. The van der Waals surface area contributed by atoms with E-state index in [1.807, 2.05) is 0 Å².